The summed E-state index contributed by atoms with van der Waals surface area (Å²) in [4.78, 5) is 14.4. The minimum Gasteiger partial charge on any atom is -0.322 e. The minimum atomic E-state index is -3.50. The van der Waals surface area contributed by atoms with Crippen molar-refractivity contribution in [3.05, 3.63) is 46.6 Å². The van der Waals surface area contributed by atoms with Crippen LogP contribution < -0.4 is 10.0 Å². The van der Waals surface area contributed by atoms with Gasteiger partial charge >= 0.3 is 0 Å². The van der Waals surface area contributed by atoms with Gasteiger partial charge < -0.3 is 5.32 Å². The number of halogens is 2. The number of piperidine rings is 1. The van der Waals surface area contributed by atoms with Crippen molar-refractivity contribution in [3.63, 3.8) is 0 Å². The molecule has 1 unspecified atom stereocenters. The maximum absolute atomic E-state index is 13.9. The number of amides is 1. The molecular weight excluding hydrogens is 425 g/mol. The molecule has 0 radical (unpaired) electrons. The molecule has 1 fully saturated rings. The first kappa shape index (κ1) is 21.2. The van der Waals surface area contributed by atoms with Crippen LogP contribution in [-0.4, -0.2) is 44.4 Å². The molecule has 10 heteroatoms. The van der Waals surface area contributed by atoms with Crippen LogP contribution in [0.25, 0.3) is 0 Å². The zero-order valence-corrected chi connectivity index (χ0v) is 17.6. The Balaban J connectivity index is 1.53. The molecule has 1 aliphatic rings. The highest BCUT2D eigenvalue weighted by Gasteiger charge is 2.29. The highest BCUT2D eigenvalue weighted by molar-refractivity contribution is 7.91. The molecule has 3 rings (SSSR count). The Hall–Kier alpha value is -1.52. The van der Waals surface area contributed by atoms with Gasteiger partial charge in [-0.15, -0.1) is 11.3 Å². The van der Waals surface area contributed by atoms with Gasteiger partial charge in [0.25, 0.3) is 0 Å². The van der Waals surface area contributed by atoms with E-state index in [9.17, 15) is 17.6 Å². The van der Waals surface area contributed by atoms with E-state index in [0.717, 1.165) is 6.07 Å². The third-order valence-corrected chi connectivity index (χ3v) is 7.88. The van der Waals surface area contributed by atoms with Gasteiger partial charge in [-0.3, -0.25) is 9.69 Å². The summed E-state index contributed by atoms with van der Waals surface area (Å²) in [6.07, 6.45) is 1.19. The number of rotatable bonds is 6. The predicted molar refractivity (Wildman–Crippen MR) is 109 cm³/mol. The molecule has 0 aliphatic carbocycles. The standard InChI is InChI=1S/C18H21ClFN3O3S2/c1-12(18(24)21-16-5-4-13(19)11-15(16)20)23-8-6-14(7-9-23)22-28(25,26)17-3-2-10-27-17/h2-5,10-12,14,22H,6-9H2,1H3,(H,21,24). The normalized spacial score (nSPS) is 17.4. The molecule has 152 valence electrons. The van der Waals surface area contributed by atoms with Crippen LogP contribution in [0.1, 0.15) is 19.8 Å². The predicted octanol–water partition coefficient (Wildman–Crippen LogP) is 3.31. The van der Waals surface area contributed by atoms with Crippen molar-refractivity contribution < 1.29 is 17.6 Å². The average Bonchev–Trinajstić information content (AvgIpc) is 3.19. The fourth-order valence-electron chi connectivity index (χ4n) is 3.09. The van der Waals surface area contributed by atoms with Gasteiger partial charge in [0.2, 0.25) is 15.9 Å². The summed E-state index contributed by atoms with van der Waals surface area (Å²) in [5.74, 6) is -0.909. The van der Waals surface area contributed by atoms with Gasteiger partial charge in [-0.1, -0.05) is 17.7 Å². The Kier molecular flexibility index (Phi) is 6.72. The maximum atomic E-state index is 13.9. The quantitative estimate of drug-likeness (QED) is 0.715. The van der Waals surface area contributed by atoms with E-state index in [1.54, 1.807) is 24.4 Å². The van der Waals surface area contributed by atoms with E-state index < -0.39 is 21.9 Å². The van der Waals surface area contributed by atoms with Crippen LogP contribution in [-0.2, 0) is 14.8 Å². The van der Waals surface area contributed by atoms with E-state index in [1.807, 2.05) is 4.90 Å². The summed E-state index contributed by atoms with van der Waals surface area (Å²) in [6.45, 7) is 2.88. The summed E-state index contributed by atoms with van der Waals surface area (Å²) >= 11 is 6.90. The molecular formula is C18H21ClFN3O3S2. The van der Waals surface area contributed by atoms with Crippen LogP contribution in [0.4, 0.5) is 10.1 Å². The second kappa shape index (κ2) is 8.87. The average molecular weight is 446 g/mol. The lowest BCUT2D eigenvalue weighted by Gasteiger charge is -2.35. The Morgan fingerprint density at radius 3 is 2.64 bits per heavy atom. The first-order valence-corrected chi connectivity index (χ1v) is 11.6. The van der Waals surface area contributed by atoms with E-state index in [0.29, 0.717) is 30.1 Å². The van der Waals surface area contributed by atoms with Gasteiger partial charge in [-0.2, -0.15) is 0 Å². The molecule has 2 heterocycles. The third kappa shape index (κ3) is 5.09. The fraction of sp³-hybridized carbons (Fsp3) is 0.389. The van der Waals surface area contributed by atoms with Crippen LogP contribution >= 0.6 is 22.9 Å². The van der Waals surface area contributed by atoms with Gasteiger partial charge in [0.1, 0.15) is 10.0 Å². The number of carbonyl (C=O) groups excluding carboxylic acids is 1. The summed E-state index contributed by atoms with van der Waals surface area (Å²) in [5.41, 5.74) is 0.0832. The molecule has 1 saturated heterocycles. The van der Waals surface area contributed by atoms with Crippen molar-refractivity contribution in [2.45, 2.75) is 36.1 Å². The lowest BCUT2D eigenvalue weighted by Crippen LogP contribution is -2.50. The lowest BCUT2D eigenvalue weighted by molar-refractivity contribution is -0.121. The SMILES string of the molecule is CC(C(=O)Nc1ccc(Cl)cc1F)N1CCC(NS(=O)(=O)c2cccs2)CC1. The number of likely N-dealkylation sites (tertiary alicyclic amines) is 1. The second-order valence-electron chi connectivity index (χ2n) is 6.65. The Bertz CT molecular complexity index is 930. The number of carbonyl (C=O) groups is 1. The highest BCUT2D eigenvalue weighted by Crippen LogP contribution is 2.22. The van der Waals surface area contributed by atoms with Crippen molar-refractivity contribution >= 4 is 44.6 Å². The Morgan fingerprint density at radius 1 is 1.32 bits per heavy atom. The van der Waals surface area contributed by atoms with Crippen LogP contribution in [0, 0.1) is 5.82 Å². The molecule has 1 aromatic carbocycles. The zero-order valence-electron chi connectivity index (χ0n) is 15.2. The molecule has 2 N–H and O–H groups in total. The second-order valence-corrected chi connectivity index (χ2v) is 9.98. The summed E-state index contributed by atoms with van der Waals surface area (Å²) in [7, 11) is -3.50. The third-order valence-electron chi connectivity index (χ3n) is 4.73. The van der Waals surface area contributed by atoms with E-state index in [4.69, 9.17) is 11.6 Å². The molecule has 6 nitrogen and oxygen atoms in total. The number of sulfonamides is 1. The first-order chi connectivity index (χ1) is 13.3. The van der Waals surface area contributed by atoms with Crippen molar-refractivity contribution in [2.75, 3.05) is 18.4 Å². The largest absolute Gasteiger partial charge is 0.322 e. The van der Waals surface area contributed by atoms with Crippen LogP contribution in [0.15, 0.2) is 39.9 Å². The summed E-state index contributed by atoms with van der Waals surface area (Å²) in [6, 6.07) is 6.71. The van der Waals surface area contributed by atoms with E-state index in [-0.39, 0.29) is 22.7 Å². The van der Waals surface area contributed by atoms with Crippen LogP contribution in [0.3, 0.4) is 0 Å². The Morgan fingerprint density at radius 2 is 2.04 bits per heavy atom. The van der Waals surface area contributed by atoms with Crippen molar-refractivity contribution in [2.24, 2.45) is 0 Å². The number of hydrogen-bond acceptors (Lipinski definition) is 5. The molecule has 1 aliphatic heterocycles. The number of nitrogens with one attached hydrogen (secondary N) is 2. The topological polar surface area (TPSA) is 78.5 Å². The summed E-state index contributed by atoms with van der Waals surface area (Å²) in [5, 5.41) is 4.56. The number of benzene rings is 1. The highest BCUT2D eigenvalue weighted by atomic mass is 35.5. The number of hydrogen-bond donors (Lipinski definition) is 2. The molecule has 2 aromatic rings. The number of thiophene rings is 1. The minimum absolute atomic E-state index is 0.0832. The monoisotopic (exact) mass is 445 g/mol. The first-order valence-electron chi connectivity index (χ1n) is 8.82. The van der Waals surface area contributed by atoms with Crippen molar-refractivity contribution in [3.8, 4) is 0 Å². The molecule has 1 amide bonds. The van der Waals surface area contributed by atoms with E-state index in [2.05, 4.69) is 10.0 Å². The lowest BCUT2D eigenvalue weighted by atomic mass is 10.0. The van der Waals surface area contributed by atoms with Crippen LogP contribution in [0.2, 0.25) is 5.02 Å². The molecule has 0 spiro atoms. The van der Waals surface area contributed by atoms with Crippen LogP contribution in [0.5, 0.6) is 0 Å². The van der Waals surface area contributed by atoms with E-state index >= 15 is 0 Å². The van der Waals surface area contributed by atoms with Crippen molar-refractivity contribution in [1.29, 1.82) is 0 Å². The molecule has 1 atom stereocenters. The molecule has 0 bridgehead atoms. The Labute approximate surface area is 172 Å². The van der Waals surface area contributed by atoms with E-state index in [1.165, 1.54) is 23.5 Å². The number of anilines is 1. The van der Waals surface area contributed by atoms with Gasteiger partial charge in [0.15, 0.2) is 0 Å². The summed E-state index contributed by atoms with van der Waals surface area (Å²) < 4.78 is 41.5. The molecule has 28 heavy (non-hydrogen) atoms. The van der Waals surface area contributed by atoms with Gasteiger partial charge in [0, 0.05) is 24.2 Å². The van der Waals surface area contributed by atoms with Gasteiger partial charge in [0.05, 0.1) is 11.7 Å². The van der Waals surface area contributed by atoms with Crippen molar-refractivity contribution in [1.82, 2.24) is 9.62 Å². The maximum Gasteiger partial charge on any atom is 0.250 e. The smallest absolute Gasteiger partial charge is 0.250 e. The molecule has 1 aromatic heterocycles. The number of nitrogens with zero attached hydrogens (tertiary/aromatic N) is 1. The molecule has 0 saturated carbocycles. The van der Waals surface area contributed by atoms with Gasteiger partial charge in [-0.05, 0) is 49.4 Å². The zero-order chi connectivity index (χ0) is 20.3. The van der Waals surface area contributed by atoms with Gasteiger partial charge in [-0.25, -0.2) is 17.5 Å². The fourth-order valence-corrected chi connectivity index (χ4v) is 5.57.